The molecule has 0 amide bonds. The molecule has 0 aliphatic carbocycles. The molecule has 0 atom stereocenters. The zero-order valence-electron chi connectivity index (χ0n) is 14.2. The first-order valence-corrected chi connectivity index (χ1v) is 8.32. The number of carbonyl (C=O) groups is 1. The maximum atomic E-state index is 14.3. The zero-order valence-corrected chi connectivity index (χ0v) is 14.2. The Kier molecular flexibility index (Phi) is 4.00. The van der Waals surface area contributed by atoms with Crippen LogP contribution in [0, 0.1) is 12.6 Å². The Hall–Kier alpha value is -3.08. The van der Waals surface area contributed by atoms with E-state index >= 15 is 0 Å². The summed E-state index contributed by atoms with van der Waals surface area (Å²) >= 11 is 0. The molecule has 0 radical (unpaired) electrons. The average Bonchev–Trinajstić information content (AvgIpc) is 2.61. The summed E-state index contributed by atoms with van der Waals surface area (Å²) in [6, 6.07) is 14.7. The number of carboxylic acids is 1. The van der Waals surface area contributed by atoms with Crippen LogP contribution < -0.4 is 0 Å². The van der Waals surface area contributed by atoms with Crippen LogP contribution in [0.2, 0.25) is 0 Å². The molecule has 3 nitrogen and oxygen atoms in total. The van der Waals surface area contributed by atoms with Gasteiger partial charge in [0.05, 0.1) is 0 Å². The number of benzene rings is 2. The Balaban J connectivity index is 2.19. The van der Waals surface area contributed by atoms with Gasteiger partial charge in [0.25, 0.3) is 0 Å². The van der Waals surface area contributed by atoms with E-state index in [9.17, 15) is 14.3 Å². The molecule has 0 fully saturated rings. The van der Waals surface area contributed by atoms with Crippen LogP contribution in [-0.4, -0.2) is 23.0 Å². The molecule has 26 heavy (non-hydrogen) atoms. The van der Waals surface area contributed by atoms with Gasteiger partial charge in [-0.05, 0) is 0 Å². The van der Waals surface area contributed by atoms with Gasteiger partial charge in [0.1, 0.15) is 0 Å². The number of pyridine rings is 1. The summed E-state index contributed by atoms with van der Waals surface area (Å²) in [6.07, 6.45) is 1.54. The first kappa shape index (κ1) is 16.4. The second kappa shape index (κ2) is 6.34. The maximum absolute atomic E-state index is 14.3. The molecule has 4 rings (SSSR count). The fourth-order valence-corrected chi connectivity index (χ4v) is 3.56. The van der Waals surface area contributed by atoms with Crippen molar-refractivity contribution < 1.29 is 14.3 Å². The van der Waals surface area contributed by atoms with E-state index in [1.165, 1.54) is 13.0 Å². The van der Waals surface area contributed by atoms with Crippen LogP contribution in [0.4, 0.5) is 4.39 Å². The predicted molar refractivity (Wildman–Crippen MR) is 102 cm³/mol. The fourth-order valence-electron chi connectivity index (χ4n) is 3.56. The number of hydrogen-bond acceptors (Lipinski definition) is 2. The number of rotatable bonds is 3. The van der Waals surface area contributed by atoms with Gasteiger partial charge in [-0.15, -0.1) is 0 Å². The quantitative estimate of drug-likeness (QED) is 0.597. The molecule has 2 aromatic heterocycles. The SMILES string of the molecule is Cc1cc2ccccc2c(-c2bc(F)cc3cccnc23)c1CC(=O)O. The van der Waals surface area contributed by atoms with Crippen molar-refractivity contribution in [3.05, 3.63) is 71.6 Å². The van der Waals surface area contributed by atoms with Crippen LogP contribution in [-0.2, 0) is 11.2 Å². The van der Waals surface area contributed by atoms with Gasteiger partial charge < -0.3 is 0 Å². The van der Waals surface area contributed by atoms with Gasteiger partial charge >= 0.3 is 150 Å². The number of carboxylic acid groups (broad SMARTS) is 1. The topological polar surface area (TPSA) is 50.2 Å². The van der Waals surface area contributed by atoms with E-state index in [1.807, 2.05) is 43.3 Å². The van der Waals surface area contributed by atoms with Crippen LogP contribution >= 0.6 is 0 Å². The second-order valence-corrected chi connectivity index (χ2v) is 6.37. The summed E-state index contributed by atoms with van der Waals surface area (Å²) in [7, 11) is 0. The van der Waals surface area contributed by atoms with E-state index in [1.54, 1.807) is 12.3 Å². The van der Waals surface area contributed by atoms with Crippen molar-refractivity contribution in [2.75, 3.05) is 0 Å². The molecule has 0 saturated carbocycles. The monoisotopic (exact) mass is 343 g/mol. The van der Waals surface area contributed by atoms with E-state index in [2.05, 4.69) is 4.98 Å². The number of hydrogen-bond donors (Lipinski definition) is 1. The molecule has 2 heterocycles. The average molecular weight is 343 g/mol. The third-order valence-corrected chi connectivity index (χ3v) is 4.65. The van der Waals surface area contributed by atoms with Gasteiger partial charge in [-0.25, -0.2) is 0 Å². The third kappa shape index (κ3) is 2.75. The minimum absolute atomic E-state index is 0.128. The van der Waals surface area contributed by atoms with Gasteiger partial charge in [-0.1, -0.05) is 0 Å². The molecule has 0 aliphatic rings. The number of aliphatic carboxylic acids is 1. The van der Waals surface area contributed by atoms with Crippen LogP contribution in [0.5, 0.6) is 0 Å². The van der Waals surface area contributed by atoms with Crippen LogP contribution in [0.15, 0.2) is 54.7 Å². The predicted octanol–water partition coefficient (Wildman–Crippen LogP) is 4.47. The standard InChI is InChI=1S/C21H15BFNO2/c1-12-9-13-5-2-3-7-15(13)19(16(12)11-18(25)26)20-21-14(6-4-8-24-21)10-17(23)22-20/h2-10H,11H2,1H3,(H,25,26). The minimum atomic E-state index is -0.918. The van der Waals surface area contributed by atoms with Gasteiger partial charge in [0, 0.05) is 0 Å². The van der Waals surface area contributed by atoms with Crippen molar-refractivity contribution in [2.24, 2.45) is 0 Å². The number of halogens is 1. The van der Waals surface area contributed by atoms with Gasteiger partial charge in [-0.3, -0.25) is 0 Å². The molecule has 2 aromatic carbocycles. The molecule has 0 bridgehead atoms. The molecular weight excluding hydrogens is 328 g/mol. The molecule has 0 aliphatic heterocycles. The Morgan fingerprint density at radius 2 is 1.92 bits per heavy atom. The number of fused-ring (bicyclic) bond motifs is 2. The van der Waals surface area contributed by atoms with Crippen LogP contribution in [0.3, 0.4) is 0 Å². The van der Waals surface area contributed by atoms with Gasteiger partial charge in [0.2, 0.25) is 0 Å². The van der Waals surface area contributed by atoms with E-state index in [-0.39, 0.29) is 12.1 Å². The van der Waals surface area contributed by atoms with Crippen molar-refractivity contribution in [1.29, 1.82) is 0 Å². The Morgan fingerprint density at radius 3 is 2.73 bits per heavy atom. The number of nitrogens with zero attached hydrogens (tertiary/aromatic N) is 1. The van der Waals surface area contributed by atoms with Crippen molar-refractivity contribution in [1.82, 2.24) is 4.98 Å². The van der Waals surface area contributed by atoms with Gasteiger partial charge in [-0.2, -0.15) is 0 Å². The zero-order chi connectivity index (χ0) is 18.3. The summed E-state index contributed by atoms with van der Waals surface area (Å²) < 4.78 is 14.3. The normalized spacial score (nSPS) is 11.0. The first-order chi connectivity index (χ1) is 12.5. The summed E-state index contributed by atoms with van der Waals surface area (Å²) in [5.41, 5.74) is 3.22. The van der Waals surface area contributed by atoms with E-state index in [0.29, 0.717) is 21.9 Å². The first-order valence-electron chi connectivity index (χ1n) is 8.32. The second-order valence-electron chi connectivity index (χ2n) is 6.37. The summed E-state index contributed by atoms with van der Waals surface area (Å²) in [4.78, 5) is 15.9. The van der Waals surface area contributed by atoms with Crippen LogP contribution in [0.1, 0.15) is 11.1 Å². The summed E-state index contributed by atoms with van der Waals surface area (Å²) in [6.45, 7) is 3.34. The summed E-state index contributed by atoms with van der Waals surface area (Å²) in [5.74, 6) is -0.918. The third-order valence-electron chi connectivity index (χ3n) is 4.65. The van der Waals surface area contributed by atoms with Gasteiger partial charge in [0.15, 0.2) is 0 Å². The van der Waals surface area contributed by atoms with Crippen molar-refractivity contribution >= 4 is 34.6 Å². The van der Waals surface area contributed by atoms with E-state index in [4.69, 9.17) is 0 Å². The van der Waals surface area contributed by atoms with Crippen molar-refractivity contribution in [3.8, 4) is 11.0 Å². The Morgan fingerprint density at radius 1 is 1.15 bits per heavy atom. The molecule has 1 N–H and O–H groups in total. The molecule has 126 valence electrons. The molecule has 5 heteroatoms. The van der Waals surface area contributed by atoms with Crippen molar-refractivity contribution in [3.63, 3.8) is 0 Å². The fraction of sp³-hybridized carbons (Fsp3) is 0.0952. The summed E-state index contributed by atoms with van der Waals surface area (Å²) in [5, 5.41) is 12.0. The molecule has 0 saturated heterocycles. The van der Waals surface area contributed by atoms with Crippen LogP contribution in [0.25, 0.3) is 32.7 Å². The molecule has 0 unspecified atom stereocenters. The van der Waals surface area contributed by atoms with E-state index < -0.39 is 5.97 Å². The number of aromatic nitrogens is 1. The Bertz CT molecular complexity index is 1170. The molecule has 4 aromatic rings. The van der Waals surface area contributed by atoms with E-state index in [0.717, 1.165) is 21.9 Å². The molecule has 0 spiro atoms. The van der Waals surface area contributed by atoms with Crippen molar-refractivity contribution in [2.45, 2.75) is 13.3 Å². The molecular formula is C21H15BFNO2. The number of aryl methyl sites for hydroxylation is 1. The Labute approximate surface area is 150 Å².